The van der Waals surface area contributed by atoms with Gasteiger partial charge in [-0.15, -0.1) is 5.10 Å². The molecule has 0 atom stereocenters. The zero-order chi connectivity index (χ0) is 24.8. The van der Waals surface area contributed by atoms with Gasteiger partial charge in [-0.25, -0.2) is 4.52 Å². The summed E-state index contributed by atoms with van der Waals surface area (Å²) in [5.74, 6) is 0.961. The predicted molar refractivity (Wildman–Crippen MR) is 154 cm³/mol. The van der Waals surface area contributed by atoms with E-state index in [0.29, 0.717) is 15.0 Å². The Morgan fingerprint density at radius 1 is 0.917 bits per heavy atom. The van der Waals surface area contributed by atoms with Crippen molar-refractivity contribution in [2.24, 2.45) is 0 Å². The Bertz CT molecular complexity index is 1600. The van der Waals surface area contributed by atoms with Crippen molar-refractivity contribution in [1.82, 2.24) is 14.2 Å². The molecule has 5 aromatic rings. The van der Waals surface area contributed by atoms with Crippen molar-refractivity contribution in [3.8, 4) is 22.5 Å². The second kappa shape index (κ2) is 9.40. The maximum Gasteiger partial charge on any atom is 0.162 e. The Balaban J connectivity index is 1.60. The molecule has 0 saturated heterocycles. The van der Waals surface area contributed by atoms with Gasteiger partial charge in [0, 0.05) is 28.9 Å². The van der Waals surface area contributed by atoms with Gasteiger partial charge in [0.15, 0.2) is 5.82 Å². The quantitative estimate of drug-likeness (QED) is 0.237. The summed E-state index contributed by atoms with van der Waals surface area (Å²) in [5, 5.41) is 9.55. The van der Waals surface area contributed by atoms with Gasteiger partial charge in [-0.1, -0.05) is 95.6 Å². The number of nitrogens with zero attached hydrogens (tertiary/aromatic N) is 3. The molecule has 2 aromatic heterocycles. The molecule has 0 amide bonds. The number of thiocarbonyl (C=S) groups is 1. The van der Waals surface area contributed by atoms with Crippen LogP contribution in [0.25, 0.3) is 28.2 Å². The molecule has 4 nitrogen and oxygen atoms in total. The lowest BCUT2D eigenvalue weighted by atomic mass is 9.97. The summed E-state index contributed by atoms with van der Waals surface area (Å²) in [4.78, 5) is 0.593. The van der Waals surface area contributed by atoms with Crippen LogP contribution < -0.4 is 5.32 Å². The number of hydrogen-bond donors (Lipinski definition) is 1. The molecule has 1 N–H and O–H groups in total. The van der Waals surface area contributed by atoms with Gasteiger partial charge in [-0.2, -0.15) is 0 Å². The van der Waals surface area contributed by atoms with Crippen LogP contribution in [0.15, 0.2) is 72.8 Å². The topological polar surface area (TPSA) is 34.3 Å². The number of nitrogens with one attached hydrogen (secondary N) is 1. The lowest BCUT2D eigenvalue weighted by Crippen LogP contribution is -2.15. The van der Waals surface area contributed by atoms with Crippen LogP contribution >= 0.6 is 35.4 Å². The van der Waals surface area contributed by atoms with Gasteiger partial charge in [0.05, 0.1) is 10.0 Å². The van der Waals surface area contributed by atoms with Crippen LogP contribution in [0.3, 0.4) is 0 Å². The molecule has 0 unspecified atom stereocenters. The van der Waals surface area contributed by atoms with Crippen molar-refractivity contribution < 1.29 is 0 Å². The summed E-state index contributed by atoms with van der Waals surface area (Å²) >= 11 is 18.5. The van der Waals surface area contributed by atoms with E-state index in [0.717, 1.165) is 65.4 Å². The van der Waals surface area contributed by atoms with Crippen molar-refractivity contribution in [3.63, 3.8) is 0 Å². The lowest BCUT2D eigenvalue weighted by Gasteiger charge is -2.12. The average molecular weight is 532 g/mol. The minimum atomic E-state index is 0.481. The third-order valence-electron chi connectivity index (χ3n) is 6.75. The molecular weight excluding hydrogens is 507 g/mol. The third kappa shape index (κ3) is 4.01. The Morgan fingerprint density at radius 2 is 1.69 bits per heavy atom. The maximum atomic E-state index is 6.29. The van der Waals surface area contributed by atoms with E-state index in [-0.39, 0.29) is 0 Å². The summed E-state index contributed by atoms with van der Waals surface area (Å²) in [5.41, 5.74) is 8.70. The summed E-state index contributed by atoms with van der Waals surface area (Å²) in [6.45, 7) is 3.03. The van der Waals surface area contributed by atoms with Gasteiger partial charge < -0.3 is 9.88 Å². The lowest BCUT2D eigenvalue weighted by molar-refractivity contribution is 0.645. The van der Waals surface area contributed by atoms with Gasteiger partial charge in [-0.05, 0) is 49.9 Å². The van der Waals surface area contributed by atoms with Gasteiger partial charge in [-0.3, -0.25) is 0 Å². The first-order valence-corrected chi connectivity index (χ1v) is 13.2. The first kappa shape index (κ1) is 23.3. The fraction of sp³-hybridized carbons (Fsp3) is 0.172. The monoisotopic (exact) mass is 530 g/mol. The van der Waals surface area contributed by atoms with Crippen molar-refractivity contribution in [2.75, 3.05) is 5.32 Å². The summed E-state index contributed by atoms with van der Waals surface area (Å²) in [6.07, 6.45) is 3.19. The standard InChI is InChI=1S/C29H24Cl2N4S/c1-18-10-12-19(13-11-18)25-22-9-5-6-16-34-27(20-7-3-2-4-8-20)33-35(29(22)34)26(25)28(36)32-21-14-15-23(30)24(31)17-21/h2-4,7-8,10-15,17H,5-6,9,16H2,1H3,(H,32,36). The van der Waals surface area contributed by atoms with Gasteiger partial charge in [0.1, 0.15) is 16.3 Å². The van der Waals surface area contributed by atoms with Crippen molar-refractivity contribution in [3.05, 3.63) is 99.7 Å². The van der Waals surface area contributed by atoms with Crippen molar-refractivity contribution in [1.29, 1.82) is 0 Å². The number of benzene rings is 3. The first-order valence-electron chi connectivity index (χ1n) is 12.0. The van der Waals surface area contributed by atoms with Crippen LogP contribution in [0.5, 0.6) is 0 Å². The highest BCUT2D eigenvalue weighted by atomic mass is 35.5. The summed E-state index contributed by atoms with van der Waals surface area (Å²) in [7, 11) is 0. The number of rotatable bonds is 4. The minimum absolute atomic E-state index is 0.481. The molecular formula is C29H24Cl2N4S. The van der Waals surface area contributed by atoms with E-state index in [1.807, 2.05) is 16.6 Å². The van der Waals surface area contributed by atoms with Crippen LogP contribution in [-0.4, -0.2) is 19.2 Å². The van der Waals surface area contributed by atoms with E-state index < -0.39 is 0 Å². The molecule has 0 aliphatic carbocycles. The molecule has 0 bridgehead atoms. The van der Waals surface area contributed by atoms with Gasteiger partial charge >= 0.3 is 0 Å². The SMILES string of the molecule is Cc1ccc(-c2c3c4n(c(-c5ccccc5)nn4c2C(=S)Nc2ccc(Cl)c(Cl)c2)CCCC3)cc1. The van der Waals surface area contributed by atoms with Crippen molar-refractivity contribution >= 4 is 51.7 Å². The maximum absolute atomic E-state index is 6.29. The molecule has 0 spiro atoms. The largest absolute Gasteiger partial charge is 0.345 e. The first-order chi connectivity index (χ1) is 17.5. The number of aromatic nitrogens is 3. The van der Waals surface area contributed by atoms with Gasteiger partial charge in [0.2, 0.25) is 0 Å². The average Bonchev–Trinajstić information content (AvgIpc) is 3.30. The second-order valence-corrected chi connectivity index (χ2v) is 10.4. The molecule has 180 valence electrons. The van der Waals surface area contributed by atoms with Crippen LogP contribution in [0, 0.1) is 6.92 Å². The molecule has 6 rings (SSSR count). The molecule has 36 heavy (non-hydrogen) atoms. The van der Waals surface area contributed by atoms with Crippen LogP contribution in [-0.2, 0) is 13.0 Å². The molecule has 0 fully saturated rings. The number of hydrogen-bond acceptors (Lipinski definition) is 2. The normalized spacial score (nSPS) is 13.1. The molecule has 1 aliphatic heterocycles. The minimum Gasteiger partial charge on any atom is -0.345 e. The smallest absolute Gasteiger partial charge is 0.162 e. The number of anilines is 1. The van der Waals surface area contributed by atoms with Crippen LogP contribution in [0.4, 0.5) is 5.69 Å². The summed E-state index contributed by atoms with van der Waals surface area (Å²) < 4.78 is 4.41. The highest BCUT2D eigenvalue weighted by molar-refractivity contribution is 7.81. The van der Waals surface area contributed by atoms with Crippen LogP contribution in [0.2, 0.25) is 10.0 Å². The van der Waals surface area contributed by atoms with Crippen molar-refractivity contribution in [2.45, 2.75) is 32.7 Å². The molecule has 0 radical (unpaired) electrons. The summed E-state index contributed by atoms with van der Waals surface area (Å²) in [6, 6.07) is 24.5. The second-order valence-electron chi connectivity index (χ2n) is 9.18. The van der Waals surface area contributed by atoms with E-state index in [2.05, 4.69) is 65.3 Å². The molecule has 7 heteroatoms. The van der Waals surface area contributed by atoms with Crippen LogP contribution in [0.1, 0.15) is 29.7 Å². The Morgan fingerprint density at radius 3 is 2.44 bits per heavy atom. The number of aryl methyl sites for hydroxylation is 3. The number of halogens is 2. The van der Waals surface area contributed by atoms with E-state index >= 15 is 0 Å². The predicted octanol–water partition coefficient (Wildman–Crippen LogP) is 8.21. The Kier molecular flexibility index (Phi) is 6.08. The Hall–Kier alpha value is -3.12. The molecule has 3 heterocycles. The van der Waals surface area contributed by atoms with E-state index in [1.165, 1.54) is 11.1 Å². The third-order valence-corrected chi connectivity index (χ3v) is 7.78. The zero-order valence-corrected chi connectivity index (χ0v) is 22.1. The fourth-order valence-electron chi connectivity index (χ4n) is 5.04. The highest BCUT2D eigenvalue weighted by Gasteiger charge is 2.29. The zero-order valence-electron chi connectivity index (χ0n) is 19.8. The van der Waals surface area contributed by atoms with E-state index in [9.17, 15) is 0 Å². The molecule has 1 aliphatic rings. The molecule has 3 aromatic carbocycles. The van der Waals surface area contributed by atoms with Gasteiger partial charge in [0.25, 0.3) is 0 Å². The highest BCUT2D eigenvalue weighted by Crippen LogP contribution is 2.39. The fourth-order valence-corrected chi connectivity index (χ4v) is 5.65. The van der Waals surface area contributed by atoms with E-state index in [1.54, 1.807) is 12.1 Å². The van der Waals surface area contributed by atoms with E-state index in [4.69, 9.17) is 40.5 Å². The molecule has 0 saturated carbocycles. The Labute approximate surface area is 225 Å².